The van der Waals surface area contributed by atoms with Crippen molar-refractivity contribution in [3.05, 3.63) is 50.4 Å². The number of aromatic hydroxyl groups is 1. The fraction of sp³-hybridized carbons (Fsp3) is 0.167. The van der Waals surface area contributed by atoms with Crippen LogP contribution in [0.2, 0.25) is 0 Å². The molecule has 0 radical (unpaired) electrons. The molecule has 1 aromatic heterocycles. The zero-order valence-corrected chi connectivity index (χ0v) is 14.9. The van der Waals surface area contributed by atoms with Gasteiger partial charge in [0.2, 0.25) is 11.2 Å². The Morgan fingerprint density at radius 2 is 1.64 bits per heavy atom. The summed E-state index contributed by atoms with van der Waals surface area (Å²) in [6.07, 6.45) is 0. The molecule has 3 rings (SSSR count). The smallest absolute Gasteiger partial charge is 0.273 e. The van der Waals surface area contributed by atoms with Gasteiger partial charge in [-0.3, -0.25) is 14.9 Å². The third-order valence-corrected chi connectivity index (χ3v) is 4.07. The lowest BCUT2D eigenvalue weighted by Gasteiger charge is -2.14. The van der Waals surface area contributed by atoms with Gasteiger partial charge in [-0.2, -0.15) is 0 Å². The number of fused-ring (bicyclic) bond motifs is 1. The van der Waals surface area contributed by atoms with Crippen LogP contribution in [-0.4, -0.2) is 31.4 Å². The Balaban J connectivity index is 2.38. The molecule has 0 unspecified atom stereocenters. The van der Waals surface area contributed by atoms with Crippen molar-refractivity contribution in [3.8, 4) is 34.3 Å². The summed E-state index contributed by atoms with van der Waals surface area (Å²) in [5, 5.41) is 20.8. The zero-order valence-electron chi connectivity index (χ0n) is 14.9. The molecule has 2 aromatic carbocycles. The normalized spacial score (nSPS) is 10.7. The Labute approximate surface area is 156 Å². The molecule has 0 spiro atoms. The van der Waals surface area contributed by atoms with Crippen molar-refractivity contribution in [1.82, 2.24) is 0 Å². The van der Waals surface area contributed by atoms with E-state index < -0.39 is 38.6 Å². The van der Waals surface area contributed by atoms with Gasteiger partial charge >= 0.3 is 0 Å². The van der Waals surface area contributed by atoms with Crippen molar-refractivity contribution in [1.29, 1.82) is 0 Å². The fourth-order valence-electron chi connectivity index (χ4n) is 2.73. The summed E-state index contributed by atoms with van der Waals surface area (Å²) in [5.74, 6) is -1.67. The summed E-state index contributed by atoms with van der Waals surface area (Å²) < 4.78 is 35.4. The molecule has 3 aromatic rings. The Bertz CT molecular complexity index is 1150. The number of nitrogens with zero attached hydrogens (tertiary/aromatic N) is 1. The van der Waals surface area contributed by atoms with E-state index in [0.717, 1.165) is 6.07 Å². The van der Waals surface area contributed by atoms with Crippen LogP contribution in [0.15, 0.2) is 33.5 Å². The Morgan fingerprint density at radius 1 is 1.04 bits per heavy atom. The van der Waals surface area contributed by atoms with Gasteiger partial charge in [-0.15, -0.1) is 0 Å². The summed E-state index contributed by atoms with van der Waals surface area (Å²) in [6, 6.07) is 4.27. The standard InChI is InChI=1S/C18H14FNO8/c1-25-12-7-14(27-3)13(26-2)6-9(12)18-16(22)15(21)10-4-8(20(23)24)5-11(19)17(10)28-18/h4-7,22H,1-3H3. The summed E-state index contributed by atoms with van der Waals surface area (Å²) >= 11 is 0. The maximum Gasteiger partial charge on any atom is 0.273 e. The predicted octanol–water partition coefficient (Wildman–Crippen LogP) is 3.24. The van der Waals surface area contributed by atoms with Gasteiger partial charge < -0.3 is 23.7 Å². The van der Waals surface area contributed by atoms with Gasteiger partial charge in [0.05, 0.1) is 43.3 Å². The van der Waals surface area contributed by atoms with E-state index in [1.54, 1.807) is 0 Å². The lowest BCUT2D eigenvalue weighted by molar-refractivity contribution is -0.384. The third kappa shape index (κ3) is 2.94. The summed E-state index contributed by atoms with van der Waals surface area (Å²) in [7, 11) is 4.13. The third-order valence-electron chi connectivity index (χ3n) is 4.07. The van der Waals surface area contributed by atoms with Crippen LogP contribution in [0.1, 0.15) is 0 Å². The number of nitro benzene ring substituents is 1. The highest BCUT2D eigenvalue weighted by molar-refractivity contribution is 5.85. The largest absolute Gasteiger partial charge is 0.502 e. The average molecular weight is 391 g/mol. The number of non-ortho nitro benzene ring substituents is 1. The van der Waals surface area contributed by atoms with Gasteiger partial charge in [-0.1, -0.05) is 0 Å². The maximum absolute atomic E-state index is 14.4. The number of rotatable bonds is 5. The van der Waals surface area contributed by atoms with Crippen LogP contribution in [0.4, 0.5) is 10.1 Å². The van der Waals surface area contributed by atoms with Gasteiger partial charge in [0.1, 0.15) is 5.75 Å². The van der Waals surface area contributed by atoms with Crippen molar-refractivity contribution >= 4 is 16.7 Å². The van der Waals surface area contributed by atoms with Crippen molar-refractivity contribution in [2.24, 2.45) is 0 Å². The first-order valence-corrected chi connectivity index (χ1v) is 7.76. The van der Waals surface area contributed by atoms with E-state index in [9.17, 15) is 24.4 Å². The van der Waals surface area contributed by atoms with Crippen molar-refractivity contribution < 1.29 is 33.0 Å². The van der Waals surface area contributed by atoms with Gasteiger partial charge in [0.25, 0.3) is 5.69 Å². The first-order valence-electron chi connectivity index (χ1n) is 7.76. The van der Waals surface area contributed by atoms with Crippen LogP contribution in [0.5, 0.6) is 23.0 Å². The molecular weight excluding hydrogens is 377 g/mol. The molecule has 0 bridgehead atoms. The molecule has 28 heavy (non-hydrogen) atoms. The minimum absolute atomic E-state index is 0.0920. The number of hydrogen-bond acceptors (Lipinski definition) is 8. The SMILES string of the molecule is COc1cc(OC)c(-c2oc3c(F)cc([N+](=O)[O-])cc3c(=O)c2O)cc1OC. The minimum atomic E-state index is -1.12. The van der Waals surface area contributed by atoms with Crippen LogP contribution < -0.4 is 19.6 Å². The molecule has 0 saturated carbocycles. The van der Waals surface area contributed by atoms with Crippen molar-refractivity contribution in [2.75, 3.05) is 21.3 Å². The lowest BCUT2D eigenvalue weighted by atomic mass is 10.1. The van der Waals surface area contributed by atoms with Gasteiger partial charge in [0.15, 0.2) is 28.7 Å². The summed E-state index contributed by atoms with van der Waals surface area (Å²) in [5.41, 5.74) is -2.13. The van der Waals surface area contributed by atoms with E-state index in [1.165, 1.54) is 33.5 Å². The molecule has 10 heteroatoms. The molecule has 9 nitrogen and oxygen atoms in total. The summed E-state index contributed by atoms with van der Waals surface area (Å²) in [6.45, 7) is 0. The molecule has 1 heterocycles. The molecule has 0 aliphatic heterocycles. The van der Waals surface area contributed by atoms with Gasteiger partial charge in [-0.25, -0.2) is 4.39 Å². The number of nitro groups is 1. The molecule has 0 atom stereocenters. The molecule has 0 aliphatic carbocycles. The highest BCUT2D eigenvalue weighted by Crippen LogP contribution is 2.43. The average Bonchev–Trinajstić information content (AvgIpc) is 2.69. The fourth-order valence-corrected chi connectivity index (χ4v) is 2.73. The first kappa shape index (κ1) is 19.0. The Kier molecular flexibility index (Phi) is 4.78. The van der Waals surface area contributed by atoms with Crippen molar-refractivity contribution in [2.45, 2.75) is 0 Å². The molecule has 146 valence electrons. The van der Waals surface area contributed by atoms with Crippen LogP contribution in [0.25, 0.3) is 22.3 Å². The monoisotopic (exact) mass is 391 g/mol. The molecule has 0 aliphatic rings. The van der Waals surface area contributed by atoms with E-state index in [0.29, 0.717) is 11.8 Å². The van der Waals surface area contributed by atoms with E-state index in [2.05, 4.69) is 0 Å². The quantitative estimate of drug-likeness (QED) is 0.520. The minimum Gasteiger partial charge on any atom is -0.502 e. The highest BCUT2D eigenvalue weighted by Gasteiger charge is 2.24. The second kappa shape index (κ2) is 7.06. The number of halogens is 1. The highest BCUT2D eigenvalue weighted by atomic mass is 19.1. The Morgan fingerprint density at radius 3 is 2.21 bits per heavy atom. The van der Waals surface area contributed by atoms with E-state index in [-0.39, 0.29) is 22.8 Å². The second-order valence-electron chi connectivity index (χ2n) is 5.58. The van der Waals surface area contributed by atoms with Gasteiger partial charge in [0, 0.05) is 12.1 Å². The zero-order chi connectivity index (χ0) is 20.6. The van der Waals surface area contributed by atoms with E-state index in [4.69, 9.17) is 18.6 Å². The lowest BCUT2D eigenvalue weighted by Crippen LogP contribution is -2.05. The van der Waals surface area contributed by atoms with Crippen LogP contribution >= 0.6 is 0 Å². The molecule has 1 N–H and O–H groups in total. The topological polar surface area (TPSA) is 121 Å². The Hall–Kier alpha value is -3.82. The molecule has 0 saturated heterocycles. The molecule has 0 amide bonds. The van der Waals surface area contributed by atoms with E-state index in [1.807, 2.05) is 0 Å². The number of hydrogen-bond donors (Lipinski definition) is 1. The molecular formula is C18H14FNO8. The van der Waals surface area contributed by atoms with Crippen LogP contribution in [-0.2, 0) is 0 Å². The maximum atomic E-state index is 14.4. The molecule has 0 fully saturated rings. The van der Waals surface area contributed by atoms with Gasteiger partial charge in [-0.05, 0) is 6.07 Å². The van der Waals surface area contributed by atoms with Crippen LogP contribution in [0, 0.1) is 15.9 Å². The van der Waals surface area contributed by atoms with Crippen LogP contribution in [0.3, 0.4) is 0 Å². The summed E-state index contributed by atoms with van der Waals surface area (Å²) in [4.78, 5) is 22.6. The van der Waals surface area contributed by atoms with Crippen molar-refractivity contribution in [3.63, 3.8) is 0 Å². The first-order chi connectivity index (χ1) is 13.3. The number of ether oxygens (including phenoxy) is 3. The van der Waals surface area contributed by atoms with E-state index >= 15 is 0 Å². The number of methoxy groups -OCH3 is 3. The second-order valence-corrected chi connectivity index (χ2v) is 5.58. The number of benzene rings is 2. The predicted molar refractivity (Wildman–Crippen MR) is 95.9 cm³/mol.